The van der Waals surface area contributed by atoms with Gasteiger partial charge >= 0.3 is 5.97 Å². The largest absolute Gasteiger partial charge is 0.466 e. The minimum absolute atomic E-state index is 0.0480. The molecule has 0 spiro atoms. The van der Waals surface area contributed by atoms with E-state index < -0.39 is 12.4 Å². The summed E-state index contributed by atoms with van der Waals surface area (Å²) in [4.78, 5) is 15.0. The van der Waals surface area contributed by atoms with E-state index in [0.29, 0.717) is 0 Å². The van der Waals surface area contributed by atoms with Crippen LogP contribution in [-0.4, -0.2) is 17.6 Å². The molecule has 0 unspecified atom stereocenters. The Morgan fingerprint density at radius 1 is 1.65 bits per heavy atom. The molecule has 0 saturated heterocycles. The number of aromatic nitrogens is 1. The Labute approximate surface area is 116 Å². The number of rotatable bonds is 4. The number of hydrogen-bond acceptors (Lipinski definition) is 3. The molecule has 0 fully saturated rings. The van der Waals surface area contributed by atoms with Gasteiger partial charge in [-0.05, 0) is 35.6 Å². The lowest BCUT2D eigenvalue weighted by Crippen LogP contribution is -2.09. The van der Waals surface area contributed by atoms with Gasteiger partial charge in [0.1, 0.15) is 8.85 Å². The van der Waals surface area contributed by atoms with Crippen molar-refractivity contribution in [3.63, 3.8) is 0 Å². The zero-order chi connectivity index (χ0) is 13.0. The quantitative estimate of drug-likeness (QED) is 0.460. The van der Waals surface area contributed by atoms with Crippen LogP contribution in [0.15, 0.2) is 6.07 Å². The summed E-state index contributed by atoms with van der Waals surface area (Å²) in [6.07, 6.45) is -2.80. The van der Waals surface area contributed by atoms with E-state index in [1.165, 1.54) is 6.07 Å². The first-order valence-electron chi connectivity index (χ1n) is 4.74. The van der Waals surface area contributed by atoms with Crippen molar-refractivity contribution in [3.05, 3.63) is 26.0 Å². The van der Waals surface area contributed by atoms with E-state index >= 15 is 0 Å². The first kappa shape index (κ1) is 14.6. The highest BCUT2D eigenvalue weighted by molar-refractivity contribution is 14.1. The van der Waals surface area contributed by atoms with Crippen LogP contribution in [-0.2, 0) is 16.0 Å². The summed E-state index contributed by atoms with van der Waals surface area (Å²) >= 11 is 7.46. The zero-order valence-electron chi connectivity index (χ0n) is 8.84. The maximum absolute atomic E-state index is 12.6. The lowest BCUT2D eigenvalue weighted by Gasteiger charge is -2.08. The van der Waals surface area contributed by atoms with Gasteiger partial charge in [-0.1, -0.05) is 11.6 Å². The Balaban J connectivity index is 2.99. The van der Waals surface area contributed by atoms with Gasteiger partial charge in [0.05, 0.1) is 18.6 Å². The van der Waals surface area contributed by atoms with Gasteiger partial charge in [-0.2, -0.15) is 0 Å². The van der Waals surface area contributed by atoms with Crippen molar-refractivity contribution in [1.29, 1.82) is 0 Å². The van der Waals surface area contributed by atoms with Crippen LogP contribution in [0.3, 0.4) is 0 Å². The van der Waals surface area contributed by atoms with Gasteiger partial charge in [0.15, 0.2) is 0 Å². The van der Waals surface area contributed by atoms with E-state index in [-0.39, 0.29) is 33.0 Å². The molecule has 1 rings (SSSR count). The fourth-order valence-corrected chi connectivity index (χ4v) is 2.15. The van der Waals surface area contributed by atoms with Crippen molar-refractivity contribution in [2.45, 2.75) is 19.8 Å². The molecule has 17 heavy (non-hydrogen) atoms. The number of nitrogens with zero attached hydrogens (tertiary/aromatic N) is 1. The maximum Gasteiger partial charge on any atom is 0.310 e. The summed E-state index contributed by atoms with van der Waals surface area (Å²) in [6, 6.07) is 1.19. The van der Waals surface area contributed by atoms with Gasteiger partial charge in [-0.25, -0.2) is 13.8 Å². The minimum Gasteiger partial charge on any atom is -0.466 e. The van der Waals surface area contributed by atoms with Crippen LogP contribution in [0.5, 0.6) is 0 Å². The first-order valence-corrected chi connectivity index (χ1v) is 6.20. The lowest BCUT2D eigenvalue weighted by atomic mass is 10.1. The van der Waals surface area contributed by atoms with Crippen LogP contribution in [0.1, 0.15) is 24.5 Å². The van der Waals surface area contributed by atoms with Crippen LogP contribution in [0.4, 0.5) is 8.78 Å². The Bertz CT molecular complexity index is 429. The predicted octanol–water partition coefficient (Wildman–Crippen LogP) is 3.38. The van der Waals surface area contributed by atoms with Gasteiger partial charge < -0.3 is 4.74 Å². The molecule has 94 valence electrons. The van der Waals surface area contributed by atoms with Gasteiger partial charge in [0.2, 0.25) is 0 Å². The number of esters is 1. The summed E-state index contributed by atoms with van der Waals surface area (Å²) in [5.74, 6) is -0.516. The Morgan fingerprint density at radius 3 is 2.82 bits per heavy atom. The smallest absolute Gasteiger partial charge is 0.310 e. The number of carbonyl (C=O) groups is 1. The van der Waals surface area contributed by atoms with E-state index in [9.17, 15) is 13.6 Å². The number of halogens is 4. The third-order valence-corrected chi connectivity index (χ3v) is 3.10. The molecule has 0 atom stereocenters. The van der Waals surface area contributed by atoms with Crippen LogP contribution >= 0.6 is 34.2 Å². The van der Waals surface area contributed by atoms with Crippen molar-refractivity contribution in [2.24, 2.45) is 0 Å². The normalized spacial score (nSPS) is 10.7. The SMILES string of the molecule is CCOC(=O)Cc1cc(C(F)F)c(I)nc1Cl. The standard InChI is InChI=1S/C10H9ClF2INO2/c1-2-17-7(16)4-5-3-6(9(12)13)10(14)15-8(5)11/h3,9H,2,4H2,1H3. The van der Waals surface area contributed by atoms with Crippen LogP contribution in [0, 0.1) is 3.70 Å². The molecule has 1 aromatic heterocycles. The molecule has 0 N–H and O–H groups in total. The van der Waals surface area contributed by atoms with Crippen molar-refractivity contribution < 1.29 is 18.3 Å². The van der Waals surface area contributed by atoms with E-state index in [0.717, 1.165) is 0 Å². The molecule has 0 aromatic carbocycles. The highest BCUT2D eigenvalue weighted by Crippen LogP contribution is 2.27. The molecule has 0 amide bonds. The van der Waals surface area contributed by atoms with Gasteiger partial charge in [-0.15, -0.1) is 0 Å². The van der Waals surface area contributed by atoms with Crippen LogP contribution in [0.2, 0.25) is 5.15 Å². The molecular weight excluding hydrogens is 366 g/mol. The minimum atomic E-state index is -2.65. The molecule has 1 heterocycles. The summed E-state index contributed by atoms with van der Waals surface area (Å²) in [6.45, 7) is 1.90. The second-order valence-corrected chi connectivity index (χ2v) is 4.48. The van der Waals surface area contributed by atoms with Crippen molar-refractivity contribution in [1.82, 2.24) is 4.98 Å². The number of ether oxygens (including phenoxy) is 1. The monoisotopic (exact) mass is 375 g/mol. The molecule has 7 heteroatoms. The van der Waals surface area contributed by atoms with Crippen molar-refractivity contribution in [3.8, 4) is 0 Å². The summed E-state index contributed by atoms with van der Waals surface area (Å²) in [7, 11) is 0. The third kappa shape index (κ3) is 4.02. The second-order valence-electron chi connectivity index (χ2n) is 3.10. The number of hydrogen-bond donors (Lipinski definition) is 0. The van der Waals surface area contributed by atoms with Gasteiger partial charge in [-0.3, -0.25) is 4.79 Å². The third-order valence-electron chi connectivity index (χ3n) is 1.90. The fourth-order valence-electron chi connectivity index (χ4n) is 1.17. The van der Waals surface area contributed by atoms with Crippen LogP contribution < -0.4 is 0 Å². The molecule has 0 saturated carbocycles. The Kier molecular flexibility index (Phi) is 5.51. The van der Waals surface area contributed by atoms with E-state index in [1.807, 2.05) is 0 Å². The first-order chi connectivity index (χ1) is 7.95. The summed E-state index contributed by atoms with van der Waals surface area (Å²) < 4.78 is 30.1. The van der Waals surface area contributed by atoms with Crippen LogP contribution in [0.25, 0.3) is 0 Å². The number of pyridine rings is 1. The molecule has 0 aliphatic carbocycles. The maximum atomic E-state index is 12.6. The lowest BCUT2D eigenvalue weighted by molar-refractivity contribution is -0.142. The topological polar surface area (TPSA) is 39.2 Å². The molecule has 0 aliphatic heterocycles. The van der Waals surface area contributed by atoms with Crippen molar-refractivity contribution in [2.75, 3.05) is 6.61 Å². The molecule has 0 radical (unpaired) electrons. The number of carbonyl (C=O) groups excluding carboxylic acids is 1. The van der Waals surface area contributed by atoms with E-state index in [4.69, 9.17) is 16.3 Å². The van der Waals surface area contributed by atoms with Gasteiger partial charge in [0, 0.05) is 5.56 Å². The van der Waals surface area contributed by atoms with Crippen molar-refractivity contribution >= 4 is 40.2 Å². The highest BCUT2D eigenvalue weighted by Gasteiger charge is 2.18. The van der Waals surface area contributed by atoms with E-state index in [2.05, 4.69) is 4.98 Å². The Morgan fingerprint density at radius 2 is 2.29 bits per heavy atom. The molecule has 1 aromatic rings. The molecule has 3 nitrogen and oxygen atoms in total. The highest BCUT2D eigenvalue weighted by atomic mass is 127. The second kappa shape index (κ2) is 6.44. The average Bonchev–Trinajstić information content (AvgIpc) is 2.21. The van der Waals surface area contributed by atoms with E-state index in [1.54, 1.807) is 29.5 Å². The predicted molar refractivity (Wildman–Crippen MR) is 67.3 cm³/mol. The summed E-state index contributed by atoms with van der Waals surface area (Å²) in [5.41, 5.74) is 0.0233. The molecule has 0 aliphatic rings. The zero-order valence-corrected chi connectivity index (χ0v) is 11.8. The number of alkyl halides is 2. The average molecular weight is 376 g/mol. The molecular formula is C10H9ClF2INO2. The Hall–Kier alpha value is -0.500. The summed E-state index contributed by atoms with van der Waals surface area (Å²) in [5, 5.41) is 0.0480. The fraction of sp³-hybridized carbons (Fsp3) is 0.400. The van der Waals surface area contributed by atoms with Gasteiger partial charge in [0.25, 0.3) is 6.43 Å². The molecule has 0 bridgehead atoms.